The van der Waals surface area contributed by atoms with E-state index in [9.17, 15) is 0 Å². The van der Waals surface area contributed by atoms with Gasteiger partial charge in [-0.05, 0) is 13.6 Å². The molecule has 0 aromatic rings. The van der Waals surface area contributed by atoms with Gasteiger partial charge in [-0.3, -0.25) is 4.90 Å². The fourth-order valence-electron chi connectivity index (χ4n) is 2.14. The Morgan fingerprint density at radius 2 is 1.83 bits per heavy atom. The summed E-state index contributed by atoms with van der Waals surface area (Å²) in [5, 5.41) is 8.63. The van der Waals surface area contributed by atoms with Crippen LogP contribution < -0.4 is 0 Å². The minimum Gasteiger partial charge on any atom is -0.394 e. The normalized spacial score (nSPS) is 18.7. The van der Waals surface area contributed by atoms with Crippen LogP contribution in [0, 0.1) is 0 Å². The summed E-state index contributed by atoms with van der Waals surface area (Å²) in [6.45, 7) is 12.5. The SMILES string of the molecule is CCN(CCOCCO)CCN1CCN(C)CC1. The molecule has 1 N–H and O–H groups in total. The maximum absolute atomic E-state index is 8.63. The maximum Gasteiger partial charge on any atom is 0.0698 e. The quantitative estimate of drug-likeness (QED) is 0.569. The van der Waals surface area contributed by atoms with Crippen molar-refractivity contribution in [3.63, 3.8) is 0 Å². The third kappa shape index (κ3) is 6.66. The summed E-state index contributed by atoms with van der Waals surface area (Å²) in [5.41, 5.74) is 0. The Hall–Kier alpha value is -0.200. The summed E-state index contributed by atoms with van der Waals surface area (Å²) in [5.74, 6) is 0. The van der Waals surface area contributed by atoms with Crippen molar-refractivity contribution in [3.05, 3.63) is 0 Å². The first-order valence-electron chi connectivity index (χ1n) is 7.08. The molecule has 0 atom stereocenters. The Kier molecular flexibility index (Phi) is 8.54. The molecule has 108 valence electrons. The number of ether oxygens (including phenoxy) is 1. The Morgan fingerprint density at radius 1 is 1.11 bits per heavy atom. The summed E-state index contributed by atoms with van der Waals surface area (Å²) in [6, 6.07) is 0. The summed E-state index contributed by atoms with van der Waals surface area (Å²) < 4.78 is 5.31. The van der Waals surface area contributed by atoms with E-state index in [1.807, 2.05) is 0 Å². The van der Waals surface area contributed by atoms with Crippen molar-refractivity contribution in [2.75, 3.05) is 79.2 Å². The topological polar surface area (TPSA) is 39.2 Å². The first kappa shape index (κ1) is 15.9. The smallest absolute Gasteiger partial charge is 0.0698 e. The molecule has 1 aliphatic rings. The van der Waals surface area contributed by atoms with Crippen molar-refractivity contribution in [3.8, 4) is 0 Å². The fourth-order valence-corrected chi connectivity index (χ4v) is 2.14. The van der Waals surface area contributed by atoms with E-state index in [2.05, 4.69) is 28.7 Å². The van der Waals surface area contributed by atoms with Crippen LogP contribution in [0.1, 0.15) is 6.92 Å². The molecule has 1 rings (SSSR count). The molecule has 0 aromatic heterocycles. The maximum atomic E-state index is 8.63. The third-order valence-corrected chi connectivity index (χ3v) is 3.56. The van der Waals surface area contributed by atoms with Gasteiger partial charge in [-0.25, -0.2) is 0 Å². The second-order valence-corrected chi connectivity index (χ2v) is 4.92. The molecular weight excluding hydrogens is 230 g/mol. The highest BCUT2D eigenvalue weighted by atomic mass is 16.5. The van der Waals surface area contributed by atoms with E-state index >= 15 is 0 Å². The summed E-state index contributed by atoms with van der Waals surface area (Å²) in [7, 11) is 2.19. The van der Waals surface area contributed by atoms with Gasteiger partial charge in [0.15, 0.2) is 0 Å². The number of likely N-dealkylation sites (N-methyl/N-ethyl adjacent to an activating group) is 2. The molecule has 0 amide bonds. The predicted molar refractivity (Wildman–Crippen MR) is 74.0 cm³/mol. The molecule has 0 bridgehead atoms. The second kappa shape index (κ2) is 9.69. The molecule has 0 aromatic carbocycles. The zero-order valence-electron chi connectivity index (χ0n) is 12.0. The van der Waals surface area contributed by atoms with E-state index in [-0.39, 0.29) is 6.61 Å². The molecule has 5 nitrogen and oxygen atoms in total. The lowest BCUT2D eigenvalue weighted by atomic mass is 10.3. The molecule has 18 heavy (non-hydrogen) atoms. The van der Waals surface area contributed by atoms with Crippen molar-refractivity contribution in [1.82, 2.24) is 14.7 Å². The third-order valence-electron chi connectivity index (χ3n) is 3.56. The van der Waals surface area contributed by atoms with E-state index in [4.69, 9.17) is 9.84 Å². The van der Waals surface area contributed by atoms with Crippen LogP contribution >= 0.6 is 0 Å². The van der Waals surface area contributed by atoms with Crippen LogP contribution in [-0.4, -0.2) is 99.0 Å². The predicted octanol–water partition coefficient (Wildman–Crippen LogP) is -0.435. The van der Waals surface area contributed by atoms with Gasteiger partial charge in [0, 0.05) is 45.8 Å². The molecule has 0 radical (unpaired) electrons. The molecule has 1 aliphatic heterocycles. The highest BCUT2D eigenvalue weighted by molar-refractivity contribution is 4.70. The molecule has 0 spiro atoms. The number of hydrogen-bond acceptors (Lipinski definition) is 5. The molecule has 5 heteroatoms. The monoisotopic (exact) mass is 259 g/mol. The number of hydrogen-bond donors (Lipinski definition) is 1. The van der Waals surface area contributed by atoms with Crippen LogP contribution in [0.5, 0.6) is 0 Å². The van der Waals surface area contributed by atoms with E-state index in [0.29, 0.717) is 6.61 Å². The van der Waals surface area contributed by atoms with Gasteiger partial charge < -0.3 is 19.6 Å². The average molecular weight is 259 g/mol. The van der Waals surface area contributed by atoms with E-state index in [0.717, 1.165) is 32.8 Å². The van der Waals surface area contributed by atoms with Gasteiger partial charge in [0.05, 0.1) is 19.8 Å². The van der Waals surface area contributed by atoms with Crippen molar-refractivity contribution < 1.29 is 9.84 Å². The lowest BCUT2D eigenvalue weighted by molar-refractivity contribution is 0.0697. The minimum atomic E-state index is 0.118. The van der Waals surface area contributed by atoms with Crippen LogP contribution in [-0.2, 0) is 4.74 Å². The molecule has 0 saturated carbocycles. The molecule has 0 unspecified atom stereocenters. The van der Waals surface area contributed by atoms with Crippen LogP contribution in [0.15, 0.2) is 0 Å². The lowest BCUT2D eigenvalue weighted by Crippen LogP contribution is -2.47. The molecule has 1 saturated heterocycles. The molecular formula is C13H29N3O2. The van der Waals surface area contributed by atoms with Gasteiger partial charge in [0.1, 0.15) is 0 Å². The highest BCUT2D eigenvalue weighted by Crippen LogP contribution is 1.99. The molecule has 1 heterocycles. The van der Waals surface area contributed by atoms with Crippen molar-refractivity contribution >= 4 is 0 Å². The van der Waals surface area contributed by atoms with E-state index in [1.54, 1.807) is 0 Å². The highest BCUT2D eigenvalue weighted by Gasteiger charge is 2.14. The largest absolute Gasteiger partial charge is 0.394 e. The molecule has 1 fully saturated rings. The average Bonchev–Trinajstić information content (AvgIpc) is 2.40. The van der Waals surface area contributed by atoms with Crippen LogP contribution in [0.3, 0.4) is 0 Å². The minimum absolute atomic E-state index is 0.118. The number of rotatable bonds is 9. The Morgan fingerprint density at radius 3 is 2.44 bits per heavy atom. The van der Waals surface area contributed by atoms with Crippen LogP contribution in [0.4, 0.5) is 0 Å². The van der Waals surface area contributed by atoms with Crippen molar-refractivity contribution in [2.24, 2.45) is 0 Å². The number of piperazine rings is 1. The Balaban J connectivity index is 2.07. The summed E-state index contributed by atoms with van der Waals surface area (Å²) >= 11 is 0. The number of aliphatic hydroxyl groups excluding tert-OH is 1. The van der Waals surface area contributed by atoms with Gasteiger partial charge in [0.2, 0.25) is 0 Å². The lowest BCUT2D eigenvalue weighted by Gasteiger charge is -2.33. The van der Waals surface area contributed by atoms with Crippen molar-refractivity contribution in [2.45, 2.75) is 6.92 Å². The van der Waals surface area contributed by atoms with E-state index < -0.39 is 0 Å². The van der Waals surface area contributed by atoms with Gasteiger partial charge >= 0.3 is 0 Å². The number of nitrogens with zero attached hydrogens (tertiary/aromatic N) is 3. The zero-order chi connectivity index (χ0) is 13.2. The summed E-state index contributed by atoms with van der Waals surface area (Å²) in [6.07, 6.45) is 0. The fraction of sp³-hybridized carbons (Fsp3) is 1.00. The Bertz CT molecular complexity index is 197. The van der Waals surface area contributed by atoms with E-state index in [1.165, 1.54) is 26.2 Å². The summed E-state index contributed by atoms with van der Waals surface area (Å²) in [4.78, 5) is 7.34. The number of aliphatic hydroxyl groups is 1. The zero-order valence-corrected chi connectivity index (χ0v) is 12.0. The standard InChI is InChI=1S/C13H29N3O2/c1-3-15(10-12-18-13-11-17)8-9-16-6-4-14(2)5-7-16/h17H,3-13H2,1-2H3. The van der Waals surface area contributed by atoms with Gasteiger partial charge in [-0.1, -0.05) is 6.92 Å². The molecule has 0 aliphatic carbocycles. The van der Waals surface area contributed by atoms with Gasteiger partial charge in [-0.2, -0.15) is 0 Å². The van der Waals surface area contributed by atoms with Crippen LogP contribution in [0.2, 0.25) is 0 Å². The Labute approximate surface area is 111 Å². The first-order valence-corrected chi connectivity index (χ1v) is 7.08. The first-order chi connectivity index (χ1) is 8.76. The van der Waals surface area contributed by atoms with Crippen LogP contribution in [0.25, 0.3) is 0 Å². The van der Waals surface area contributed by atoms with Crippen molar-refractivity contribution in [1.29, 1.82) is 0 Å². The van der Waals surface area contributed by atoms with Gasteiger partial charge in [-0.15, -0.1) is 0 Å². The second-order valence-electron chi connectivity index (χ2n) is 4.92. The van der Waals surface area contributed by atoms with Gasteiger partial charge in [0.25, 0.3) is 0 Å².